The summed E-state index contributed by atoms with van der Waals surface area (Å²) < 4.78 is 0. The molecule has 0 saturated carbocycles. The Labute approximate surface area is 115 Å². The summed E-state index contributed by atoms with van der Waals surface area (Å²) in [6.07, 6.45) is 0.771. The number of hydrogen-bond acceptors (Lipinski definition) is 4. The molecule has 0 aromatic carbocycles. The zero-order chi connectivity index (χ0) is 13.7. The van der Waals surface area contributed by atoms with Crippen molar-refractivity contribution in [2.45, 2.75) is 6.42 Å². The number of rotatable bonds is 1. The van der Waals surface area contributed by atoms with Gasteiger partial charge in [0.1, 0.15) is 4.88 Å². The fraction of sp³-hybridized carbons (Fsp3) is 0.385. The molecule has 1 aromatic heterocycles. The van der Waals surface area contributed by atoms with E-state index in [1.54, 1.807) is 11.0 Å². The van der Waals surface area contributed by atoms with Crippen LogP contribution in [0.15, 0.2) is 11.4 Å². The molecule has 0 spiro atoms. The Morgan fingerprint density at radius 2 is 2.42 bits per heavy atom. The zero-order valence-electron chi connectivity index (χ0n) is 10.4. The van der Waals surface area contributed by atoms with Gasteiger partial charge in [-0.05, 0) is 17.9 Å². The van der Waals surface area contributed by atoms with Gasteiger partial charge in [-0.2, -0.15) is 0 Å². The molecule has 0 atom stereocenters. The average molecular weight is 277 g/mol. The number of nitrogens with two attached hydrogens (primary N) is 1. The summed E-state index contributed by atoms with van der Waals surface area (Å²) in [6, 6.07) is 1.80. The molecule has 0 aliphatic carbocycles. The predicted molar refractivity (Wildman–Crippen MR) is 73.8 cm³/mol. The first-order chi connectivity index (χ1) is 9.22. The molecule has 1 aliphatic heterocycles. The minimum absolute atomic E-state index is 0.112. The standard InChI is InChI=1S/C13H15N3O2S/c14-5-1-3-10-4-8-19-12(10)13(18)16-7-2-6-15-11(17)9-16/h4,8H,2,5-7,9,14H2,(H,15,17). The second-order valence-electron chi connectivity index (χ2n) is 4.10. The van der Waals surface area contributed by atoms with E-state index in [1.807, 2.05) is 5.38 Å². The second-order valence-corrected chi connectivity index (χ2v) is 5.02. The Morgan fingerprint density at radius 1 is 1.58 bits per heavy atom. The lowest BCUT2D eigenvalue weighted by molar-refractivity contribution is -0.121. The molecular weight excluding hydrogens is 262 g/mol. The maximum Gasteiger partial charge on any atom is 0.265 e. The summed E-state index contributed by atoms with van der Waals surface area (Å²) in [4.78, 5) is 26.0. The maximum absolute atomic E-state index is 12.4. The zero-order valence-corrected chi connectivity index (χ0v) is 11.3. The van der Waals surface area contributed by atoms with E-state index in [0.717, 1.165) is 6.42 Å². The highest BCUT2D eigenvalue weighted by molar-refractivity contribution is 7.12. The molecule has 3 N–H and O–H groups in total. The lowest BCUT2D eigenvalue weighted by Gasteiger charge is -2.18. The maximum atomic E-state index is 12.4. The highest BCUT2D eigenvalue weighted by Gasteiger charge is 2.23. The molecule has 1 fully saturated rings. The van der Waals surface area contributed by atoms with Crippen LogP contribution < -0.4 is 11.1 Å². The van der Waals surface area contributed by atoms with Gasteiger partial charge in [-0.1, -0.05) is 11.8 Å². The van der Waals surface area contributed by atoms with Crippen LogP contribution in [0, 0.1) is 11.8 Å². The van der Waals surface area contributed by atoms with Gasteiger partial charge in [0.05, 0.1) is 13.1 Å². The van der Waals surface area contributed by atoms with Crippen molar-refractivity contribution in [3.8, 4) is 11.8 Å². The van der Waals surface area contributed by atoms with Gasteiger partial charge in [-0.3, -0.25) is 9.59 Å². The Kier molecular flexibility index (Phi) is 4.55. The molecule has 6 heteroatoms. The highest BCUT2D eigenvalue weighted by atomic mass is 32.1. The summed E-state index contributed by atoms with van der Waals surface area (Å²) >= 11 is 1.34. The van der Waals surface area contributed by atoms with Gasteiger partial charge < -0.3 is 16.0 Å². The van der Waals surface area contributed by atoms with Crippen LogP contribution >= 0.6 is 11.3 Å². The fourth-order valence-corrected chi connectivity index (χ4v) is 2.66. The van der Waals surface area contributed by atoms with Crippen LogP contribution in [0.3, 0.4) is 0 Å². The molecule has 5 nitrogen and oxygen atoms in total. The van der Waals surface area contributed by atoms with E-state index in [0.29, 0.717) is 23.5 Å². The number of nitrogens with zero attached hydrogens (tertiary/aromatic N) is 1. The highest BCUT2D eigenvalue weighted by Crippen LogP contribution is 2.18. The van der Waals surface area contributed by atoms with Crippen LogP contribution in [0.4, 0.5) is 0 Å². The largest absolute Gasteiger partial charge is 0.354 e. The molecule has 0 bridgehead atoms. The van der Waals surface area contributed by atoms with Crippen molar-refractivity contribution in [3.63, 3.8) is 0 Å². The van der Waals surface area contributed by atoms with Gasteiger partial charge in [-0.15, -0.1) is 11.3 Å². The first kappa shape index (κ1) is 13.6. The van der Waals surface area contributed by atoms with Gasteiger partial charge in [0.15, 0.2) is 0 Å². The summed E-state index contributed by atoms with van der Waals surface area (Å²) in [7, 11) is 0. The van der Waals surface area contributed by atoms with Crippen molar-refractivity contribution in [2.24, 2.45) is 5.73 Å². The number of nitrogens with one attached hydrogen (secondary N) is 1. The lowest BCUT2D eigenvalue weighted by Crippen LogP contribution is -2.37. The third-order valence-corrected chi connectivity index (χ3v) is 3.64. The van der Waals surface area contributed by atoms with Gasteiger partial charge >= 0.3 is 0 Å². The Morgan fingerprint density at radius 3 is 3.21 bits per heavy atom. The minimum Gasteiger partial charge on any atom is -0.354 e. The molecule has 19 heavy (non-hydrogen) atoms. The Hall–Kier alpha value is -1.84. The SMILES string of the molecule is NCC#Cc1ccsc1C(=O)N1CCCNC(=O)C1. The normalized spacial score (nSPS) is 15.2. The van der Waals surface area contributed by atoms with Crippen LogP contribution in [0.5, 0.6) is 0 Å². The van der Waals surface area contributed by atoms with E-state index < -0.39 is 0 Å². The summed E-state index contributed by atoms with van der Waals surface area (Å²) in [6.45, 7) is 1.57. The lowest BCUT2D eigenvalue weighted by atomic mass is 10.2. The van der Waals surface area contributed by atoms with Crippen LogP contribution in [-0.4, -0.2) is 42.9 Å². The van der Waals surface area contributed by atoms with Crippen molar-refractivity contribution in [1.82, 2.24) is 10.2 Å². The van der Waals surface area contributed by atoms with E-state index in [1.165, 1.54) is 11.3 Å². The van der Waals surface area contributed by atoms with Crippen molar-refractivity contribution in [1.29, 1.82) is 0 Å². The molecule has 1 aromatic rings. The van der Waals surface area contributed by atoms with Gasteiger partial charge in [0.2, 0.25) is 5.91 Å². The minimum atomic E-state index is -0.131. The summed E-state index contributed by atoms with van der Waals surface area (Å²) in [5.74, 6) is 5.39. The van der Waals surface area contributed by atoms with Crippen molar-refractivity contribution in [3.05, 3.63) is 21.9 Å². The number of carbonyl (C=O) groups is 2. The first-order valence-corrected chi connectivity index (χ1v) is 6.92. The predicted octanol–water partition coefficient (Wildman–Crippen LogP) is 0.0204. The molecule has 2 rings (SSSR count). The van der Waals surface area contributed by atoms with Gasteiger partial charge in [-0.25, -0.2) is 0 Å². The Bertz CT molecular complexity index is 542. The summed E-state index contributed by atoms with van der Waals surface area (Å²) in [5, 5.41) is 4.57. The second kappa shape index (κ2) is 6.36. The monoisotopic (exact) mass is 277 g/mol. The topological polar surface area (TPSA) is 75.4 Å². The van der Waals surface area contributed by atoms with Crippen molar-refractivity contribution in [2.75, 3.05) is 26.2 Å². The number of thiophene rings is 1. The summed E-state index contributed by atoms with van der Waals surface area (Å²) in [5.41, 5.74) is 6.02. The van der Waals surface area contributed by atoms with E-state index in [2.05, 4.69) is 17.2 Å². The van der Waals surface area contributed by atoms with Gasteiger partial charge in [0.25, 0.3) is 5.91 Å². The van der Waals surface area contributed by atoms with Crippen LogP contribution in [0.2, 0.25) is 0 Å². The van der Waals surface area contributed by atoms with E-state index >= 15 is 0 Å². The van der Waals surface area contributed by atoms with Crippen LogP contribution in [0.1, 0.15) is 21.7 Å². The fourth-order valence-electron chi connectivity index (χ4n) is 1.84. The van der Waals surface area contributed by atoms with E-state index in [-0.39, 0.29) is 24.9 Å². The number of hydrogen-bond donors (Lipinski definition) is 2. The number of amides is 2. The van der Waals surface area contributed by atoms with E-state index in [4.69, 9.17) is 5.73 Å². The van der Waals surface area contributed by atoms with Gasteiger partial charge in [0, 0.05) is 18.7 Å². The average Bonchev–Trinajstić information content (AvgIpc) is 2.76. The van der Waals surface area contributed by atoms with Crippen molar-refractivity contribution < 1.29 is 9.59 Å². The van der Waals surface area contributed by atoms with Crippen LogP contribution in [0.25, 0.3) is 0 Å². The molecule has 2 amide bonds. The quantitative estimate of drug-likeness (QED) is 0.711. The van der Waals surface area contributed by atoms with Crippen LogP contribution in [-0.2, 0) is 4.79 Å². The molecule has 1 saturated heterocycles. The molecule has 1 aliphatic rings. The third-order valence-electron chi connectivity index (χ3n) is 2.73. The van der Waals surface area contributed by atoms with E-state index in [9.17, 15) is 9.59 Å². The molecule has 0 unspecified atom stereocenters. The molecular formula is C13H15N3O2S. The van der Waals surface area contributed by atoms with Crippen molar-refractivity contribution >= 4 is 23.2 Å². The third kappa shape index (κ3) is 3.34. The molecule has 2 heterocycles. The first-order valence-electron chi connectivity index (χ1n) is 6.05. The molecule has 100 valence electrons. The number of carbonyl (C=O) groups excluding carboxylic acids is 2. The smallest absolute Gasteiger partial charge is 0.265 e. The Balaban J connectivity index is 2.19. The molecule has 0 radical (unpaired) electrons.